The quantitative estimate of drug-likeness (QED) is 0.752. The Balaban J connectivity index is 2.08. The van der Waals surface area contributed by atoms with Crippen LogP contribution in [0.25, 0.3) is 5.52 Å². The van der Waals surface area contributed by atoms with Gasteiger partial charge in [-0.3, -0.25) is 0 Å². The van der Waals surface area contributed by atoms with Gasteiger partial charge in [0.25, 0.3) is 0 Å². The number of nitrogens with zero attached hydrogens (tertiary/aromatic N) is 4. The highest BCUT2D eigenvalue weighted by Gasteiger charge is 2.25. The summed E-state index contributed by atoms with van der Waals surface area (Å²) in [7, 11) is 0. The van der Waals surface area contributed by atoms with Gasteiger partial charge in [-0.05, 0) is 12.5 Å². The molecule has 2 aromatic rings. The number of aromatic nitrogens is 3. The van der Waals surface area contributed by atoms with E-state index >= 15 is 0 Å². The molecule has 1 aliphatic rings. The highest BCUT2D eigenvalue weighted by molar-refractivity contribution is 6.21. The average molecular weight is 279 g/mol. The second-order valence-electron chi connectivity index (χ2n) is 6.19. The molecule has 0 spiro atoms. The van der Waals surface area contributed by atoms with Gasteiger partial charge in [0.2, 0.25) is 0 Å². The third-order valence-corrected chi connectivity index (χ3v) is 3.92. The lowest BCUT2D eigenvalue weighted by molar-refractivity contribution is 0.562. The number of hydrogen-bond donors (Lipinski definition) is 0. The summed E-state index contributed by atoms with van der Waals surface area (Å²) in [6.45, 7) is 8.35. The van der Waals surface area contributed by atoms with E-state index < -0.39 is 0 Å². The molecule has 3 heterocycles. The maximum Gasteiger partial charge on any atom is 0.154 e. The molecule has 0 amide bonds. The zero-order valence-electron chi connectivity index (χ0n) is 11.6. The first-order valence-corrected chi connectivity index (χ1v) is 7.13. The van der Waals surface area contributed by atoms with E-state index in [4.69, 9.17) is 11.6 Å². The predicted molar refractivity (Wildman–Crippen MR) is 78.2 cm³/mol. The van der Waals surface area contributed by atoms with Gasteiger partial charge in [-0.2, -0.15) is 5.10 Å². The smallest absolute Gasteiger partial charge is 0.154 e. The molecule has 1 fully saturated rings. The molecule has 2 aromatic heterocycles. The third-order valence-electron chi connectivity index (χ3n) is 3.57. The first-order chi connectivity index (χ1) is 8.95. The Bertz CT molecular complexity index is 599. The Kier molecular flexibility index (Phi) is 2.93. The van der Waals surface area contributed by atoms with Crippen LogP contribution in [0.15, 0.2) is 18.5 Å². The fourth-order valence-electron chi connectivity index (χ4n) is 2.43. The van der Waals surface area contributed by atoms with Gasteiger partial charge < -0.3 is 4.90 Å². The van der Waals surface area contributed by atoms with E-state index in [9.17, 15) is 0 Å². The Morgan fingerprint density at radius 3 is 2.79 bits per heavy atom. The minimum absolute atomic E-state index is 0.0450. The van der Waals surface area contributed by atoms with Gasteiger partial charge in [0.15, 0.2) is 5.82 Å². The molecule has 0 N–H and O–H groups in total. The van der Waals surface area contributed by atoms with E-state index in [1.54, 1.807) is 0 Å². The van der Waals surface area contributed by atoms with Gasteiger partial charge in [-0.1, -0.05) is 20.8 Å². The van der Waals surface area contributed by atoms with E-state index in [0.717, 1.165) is 36.5 Å². The normalized spacial score (nSPS) is 20.4. The highest BCUT2D eigenvalue weighted by Crippen LogP contribution is 2.28. The standard InChI is InChI=1S/C14H19ClN4/c1-14(2,3)12-8-11-13(16-5-7-19(11)17-12)18-6-4-10(15)9-18/h5,7-8,10H,4,6,9H2,1-3H3. The molecule has 4 nitrogen and oxygen atoms in total. The van der Waals surface area contributed by atoms with E-state index in [1.165, 1.54) is 0 Å². The van der Waals surface area contributed by atoms with Crippen LogP contribution in [-0.2, 0) is 5.41 Å². The lowest BCUT2D eigenvalue weighted by Crippen LogP contribution is -2.21. The summed E-state index contributed by atoms with van der Waals surface area (Å²) in [6.07, 6.45) is 4.73. The lowest BCUT2D eigenvalue weighted by Gasteiger charge is -2.17. The second kappa shape index (κ2) is 4.37. The second-order valence-corrected chi connectivity index (χ2v) is 6.81. The van der Waals surface area contributed by atoms with Crippen molar-refractivity contribution in [3.8, 4) is 0 Å². The van der Waals surface area contributed by atoms with Crippen molar-refractivity contribution in [3.63, 3.8) is 0 Å². The van der Waals surface area contributed by atoms with Crippen LogP contribution in [0.2, 0.25) is 0 Å². The fourth-order valence-corrected chi connectivity index (χ4v) is 2.69. The zero-order chi connectivity index (χ0) is 13.6. The van der Waals surface area contributed by atoms with E-state index in [0.29, 0.717) is 0 Å². The van der Waals surface area contributed by atoms with Gasteiger partial charge in [-0.25, -0.2) is 9.50 Å². The van der Waals surface area contributed by atoms with Crippen LogP contribution in [0.1, 0.15) is 32.9 Å². The lowest BCUT2D eigenvalue weighted by atomic mass is 9.92. The molecule has 0 aliphatic carbocycles. The van der Waals surface area contributed by atoms with Crippen molar-refractivity contribution in [1.29, 1.82) is 0 Å². The highest BCUT2D eigenvalue weighted by atomic mass is 35.5. The first-order valence-electron chi connectivity index (χ1n) is 6.69. The molecule has 1 atom stereocenters. The average Bonchev–Trinajstić information content (AvgIpc) is 2.93. The number of alkyl halides is 1. The van der Waals surface area contributed by atoms with Crippen molar-refractivity contribution < 1.29 is 0 Å². The van der Waals surface area contributed by atoms with E-state index in [1.807, 2.05) is 16.9 Å². The van der Waals surface area contributed by atoms with Crippen molar-refractivity contribution in [2.75, 3.05) is 18.0 Å². The summed E-state index contributed by atoms with van der Waals surface area (Å²) in [5.41, 5.74) is 2.20. The topological polar surface area (TPSA) is 33.4 Å². The number of anilines is 1. The molecular weight excluding hydrogens is 260 g/mol. The molecule has 3 rings (SSSR count). The molecule has 5 heteroatoms. The van der Waals surface area contributed by atoms with Gasteiger partial charge in [0.05, 0.1) is 11.1 Å². The van der Waals surface area contributed by atoms with Crippen LogP contribution in [0.5, 0.6) is 0 Å². The van der Waals surface area contributed by atoms with Gasteiger partial charge in [-0.15, -0.1) is 11.6 Å². The minimum Gasteiger partial charge on any atom is -0.353 e. The largest absolute Gasteiger partial charge is 0.353 e. The van der Waals surface area contributed by atoms with Crippen LogP contribution >= 0.6 is 11.6 Å². The summed E-state index contributed by atoms with van der Waals surface area (Å²) in [5.74, 6) is 0.994. The summed E-state index contributed by atoms with van der Waals surface area (Å²) < 4.78 is 1.92. The molecule has 1 saturated heterocycles. The van der Waals surface area contributed by atoms with Crippen molar-refractivity contribution in [2.24, 2.45) is 0 Å². The van der Waals surface area contributed by atoms with Crippen LogP contribution in [0.4, 0.5) is 5.82 Å². The molecule has 102 valence electrons. The first kappa shape index (κ1) is 12.7. The van der Waals surface area contributed by atoms with Crippen LogP contribution < -0.4 is 4.90 Å². The van der Waals surface area contributed by atoms with Gasteiger partial charge in [0, 0.05) is 30.9 Å². The Morgan fingerprint density at radius 1 is 1.37 bits per heavy atom. The molecule has 1 aliphatic heterocycles. The van der Waals surface area contributed by atoms with Gasteiger partial charge in [0.1, 0.15) is 5.52 Å². The zero-order valence-corrected chi connectivity index (χ0v) is 12.4. The van der Waals surface area contributed by atoms with E-state index in [2.05, 4.69) is 41.8 Å². The Labute approximate surface area is 118 Å². The molecule has 19 heavy (non-hydrogen) atoms. The summed E-state index contributed by atoms with van der Waals surface area (Å²) >= 11 is 6.19. The fraction of sp³-hybridized carbons (Fsp3) is 0.571. The van der Waals surface area contributed by atoms with Gasteiger partial charge >= 0.3 is 0 Å². The van der Waals surface area contributed by atoms with Crippen LogP contribution in [0, 0.1) is 0 Å². The summed E-state index contributed by atoms with van der Waals surface area (Å²) in [4.78, 5) is 6.78. The summed E-state index contributed by atoms with van der Waals surface area (Å²) in [5, 5.41) is 4.88. The number of hydrogen-bond acceptors (Lipinski definition) is 3. The SMILES string of the molecule is CC(C)(C)c1cc2c(N3CCC(Cl)C3)nccn2n1. The van der Waals surface area contributed by atoms with Crippen molar-refractivity contribution in [3.05, 3.63) is 24.2 Å². The molecule has 0 saturated carbocycles. The Hall–Kier alpha value is -1.29. The number of fused-ring (bicyclic) bond motifs is 1. The maximum absolute atomic E-state index is 6.19. The van der Waals surface area contributed by atoms with Crippen molar-refractivity contribution in [2.45, 2.75) is 38.0 Å². The molecule has 0 aromatic carbocycles. The molecule has 1 unspecified atom stereocenters. The minimum atomic E-state index is 0.0450. The van der Waals surface area contributed by atoms with Crippen LogP contribution in [-0.4, -0.2) is 33.1 Å². The molecule has 0 radical (unpaired) electrons. The maximum atomic E-state index is 6.19. The Morgan fingerprint density at radius 2 is 2.16 bits per heavy atom. The monoisotopic (exact) mass is 278 g/mol. The third kappa shape index (κ3) is 2.29. The molecule has 0 bridgehead atoms. The number of halogens is 1. The molecular formula is C14H19ClN4. The van der Waals surface area contributed by atoms with Crippen molar-refractivity contribution in [1.82, 2.24) is 14.6 Å². The van der Waals surface area contributed by atoms with Crippen LogP contribution in [0.3, 0.4) is 0 Å². The van der Waals surface area contributed by atoms with E-state index in [-0.39, 0.29) is 10.8 Å². The predicted octanol–water partition coefficient (Wildman–Crippen LogP) is 2.84. The van der Waals surface area contributed by atoms with Crippen molar-refractivity contribution >= 4 is 22.9 Å². The summed E-state index contributed by atoms with van der Waals surface area (Å²) in [6, 6.07) is 2.14. The number of rotatable bonds is 1.